The van der Waals surface area contributed by atoms with Crippen LogP contribution >= 0.6 is 0 Å². The van der Waals surface area contributed by atoms with E-state index in [2.05, 4.69) is 0 Å². The van der Waals surface area contributed by atoms with Gasteiger partial charge in [-0.3, -0.25) is 9.59 Å². The molecule has 0 atom stereocenters. The van der Waals surface area contributed by atoms with Crippen molar-refractivity contribution >= 4 is 32.0 Å². The van der Waals surface area contributed by atoms with Gasteiger partial charge in [0, 0.05) is 26.2 Å². The number of benzene rings is 1. The van der Waals surface area contributed by atoms with Crippen molar-refractivity contribution in [3.63, 3.8) is 0 Å². The first-order valence-corrected chi connectivity index (χ1v) is 14.8. The van der Waals surface area contributed by atoms with E-state index in [0.29, 0.717) is 31.2 Å². The molecule has 2 aliphatic heterocycles. The van der Waals surface area contributed by atoms with Crippen molar-refractivity contribution in [1.29, 1.82) is 0 Å². The lowest BCUT2D eigenvalue weighted by molar-refractivity contribution is -0.150. The van der Waals surface area contributed by atoms with Crippen LogP contribution in [0.1, 0.15) is 45.1 Å². The molecule has 2 heterocycles. The highest BCUT2D eigenvalue weighted by Crippen LogP contribution is 2.30. The molecule has 1 aromatic rings. The lowest BCUT2D eigenvalue weighted by Crippen LogP contribution is -2.41. The van der Waals surface area contributed by atoms with Crippen molar-refractivity contribution in [2.75, 3.05) is 39.4 Å². The Balaban J connectivity index is 1.76. The number of ether oxygens (including phenoxy) is 2. The molecule has 0 unspecified atom stereocenters. The van der Waals surface area contributed by atoms with E-state index in [1.807, 2.05) is 0 Å². The molecule has 0 aliphatic carbocycles. The molecule has 1 aromatic carbocycles. The third-order valence-corrected chi connectivity index (χ3v) is 10.5. The van der Waals surface area contributed by atoms with Gasteiger partial charge in [-0.1, -0.05) is 6.07 Å². The van der Waals surface area contributed by atoms with Gasteiger partial charge in [0.15, 0.2) is 0 Å². The molecule has 0 N–H and O–H groups in total. The summed E-state index contributed by atoms with van der Waals surface area (Å²) < 4.78 is 66.0. The molecule has 35 heavy (non-hydrogen) atoms. The van der Waals surface area contributed by atoms with E-state index in [4.69, 9.17) is 9.47 Å². The number of carbonyl (C=O) groups excluding carboxylic acids is 2. The minimum atomic E-state index is -3.96. The second-order valence-corrected chi connectivity index (χ2v) is 12.6. The summed E-state index contributed by atoms with van der Waals surface area (Å²) in [7, 11) is -7.90. The van der Waals surface area contributed by atoms with Crippen LogP contribution in [0.4, 0.5) is 0 Å². The Bertz CT molecular complexity index is 1130. The van der Waals surface area contributed by atoms with Gasteiger partial charge in [-0.2, -0.15) is 8.61 Å². The molecule has 10 nitrogen and oxygen atoms in total. The van der Waals surface area contributed by atoms with Crippen molar-refractivity contribution in [3.8, 4) is 0 Å². The maximum Gasteiger partial charge on any atom is 0.309 e. The van der Waals surface area contributed by atoms with E-state index in [1.165, 1.54) is 26.8 Å². The first-order chi connectivity index (χ1) is 16.5. The summed E-state index contributed by atoms with van der Waals surface area (Å²) in [6.45, 7) is 6.25. The van der Waals surface area contributed by atoms with Gasteiger partial charge in [0.2, 0.25) is 20.0 Å². The molecule has 2 saturated heterocycles. The van der Waals surface area contributed by atoms with Gasteiger partial charge in [-0.25, -0.2) is 16.8 Å². The van der Waals surface area contributed by atoms with Crippen LogP contribution < -0.4 is 0 Å². The summed E-state index contributed by atoms with van der Waals surface area (Å²) in [5, 5.41) is 0. The van der Waals surface area contributed by atoms with Crippen molar-refractivity contribution < 1.29 is 35.9 Å². The lowest BCUT2D eigenvalue weighted by Gasteiger charge is -2.31. The molecular weight excluding hydrogens is 496 g/mol. The topological polar surface area (TPSA) is 127 Å². The maximum atomic E-state index is 13.4. The third kappa shape index (κ3) is 6.04. The highest BCUT2D eigenvalue weighted by Gasteiger charge is 2.36. The summed E-state index contributed by atoms with van der Waals surface area (Å²) in [5.74, 6) is -1.32. The van der Waals surface area contributed by atoms with Gasteiger partial charge in [0.05, 0.1) is 34.8 Å². The van der Waals surface area contributed by atoms with Gasteiger partial charge >= 0.3 is 11.9 Å². The molecular formula is C23H34N2O8S2. The predicted octanol–water partition coefficient (Wildman–Crippen LogP) is 1.92. The number of piperidine rings is 2. The zero-order valence-corrected chi connectivity index (χ0v) is 22.1. The third-order valence-electron chi connectivity index (χ3n) is 6.56. The minimum absolute atomic E-state index is 0.0606. The molecule has 2 aliphatic rings. The second kappa shape index (κ2) is 11.4. The number of hydrogen-bond acceptors (Lipinski definition) is 8. The fourth-order valence-corrected chi connectivity index (χ4v) is 7.78. The van der Waals surface area contributed by atoms with Crippen LogP contribution in [0.5, 0.6) is 0 Å². The van der Waals surface area contributed by atoms with E-state index in [-0.39, 0.29) is 73.0 Å². The summed E-state index contributed by atoms with van der Waals surface area (Å²) in [6, 6.07) is 4.12. The molecule has 0 amide bonds. The van der Waals surface area contributed by atoms with Crippen molar-refractivity contribution in [2.24, 2.45) is 11.8 Å². The van der Waals surface area contributed by atoms with Crippen LogP contribution in [0.3, 0.4) is 0 Å². The number of aryl methyl sites for hydroxylation is 1. The average Bonchev–Trinajstić information content (AvgIpc) is 2.84. The van der Waals surface area contributed by atoms with E-state index in [1.54, 1.807) is 20.8 Å². The Labute approximate surface area is 207 Å². The normalized spacial score (nSPS) is 19.4. The molecule has 196 valence electrons. The molecule has 2 fully saturated rings. The van der Waals surface area contributed by atoms with Gasteiger partial charge in [0.25, 0.3) is 0 Å². The van der Waals surface area contributed by atoms with Gasteiger partial charge in [-0.15, -0.1) is 0 Å². The van der Waals surface area contributed by atoms with Crippen LogP contribution in [-0.2, 0) is 39.1 Å². The number of rotatable bonds is 8. The highest BCUT2D eigenvalue weighted by atomic mass is 32.2. The van der Waals surface area contributed by atoms with E-state index in [0.717, 1.165) is 0 Å². The Morgan fingerprint density at radius 3 is 1.66 bits per heavy atom. The van der Waals surface area contributed by atoms with Crippen LogP contribution in [0, 0.1) is 18.8 Å². The largest absolute Gasteiger partial charge is 0.466 e. The summed E-state index contributed by atoms with van der Waals surface area (Å²) in [5.41, 5.74) is 0.442. The molecule has 0 saturated carbocycles. The first-order valence-electron chi connectivity index (χ1n) is 12.0. The van der Waals surface area contributed by atoms with E-state index in [9.17, 15) is 26.4 Å². The molecule has 3 rings (SSSR count). The van der Waals surface area contributed by atoms with E-state index >= 15 is 0 Å². The quantitative estimate of drug-likeness (QED) is 0.467. The maximum absolute atomic E-state index is 13.4. The molecule has 0 radical (unpaired) electrons. The standard InChI is InChI=1S/C23H34N2O8S2/c1-4-32-22(26)18-8-12-24(13-9-18)34(28,29)20-7-6-17(3)21(16-20)35(30,31)25-14-10-19(11-15-25)23(27)33-5-2/h6-7,16,18-19H,4-5,8-15H2,1-3H3. The Kier molecular flexibility index (Phi) is 8.95. The molecule has 0 aromatic heterocycles. The fraction of sp³-hybridized carbons (Fsp3) is 0.652. The van der Waals surface area contributed by atoms with Crippen LogP contribution in [0.15, 0.2) is 28.0 Å². The molecule has 0 spiro atoms. The SMILES string of the molecule is CCOC(=O)C1CCN(S(=O)(=O)c2ccc(C)c(S(=O)(=O)N3CCC(C(=O)OCC)CC3)c2)CC1. The molecule has 0 bridgehead atoms. The molecule has 12 heteroatoms. The van der Waals surface area contributed by atoms with E-state index < -0.39 is 20.0 Å². The van der Waals surface area contributed by atoms with Gasteiger partial charge in [0.1, 0.15) is 0 Å². The van der Waals surface area contributed by atoms with Crippen molar-refractivity contribution in [2.45, 2.75) is 56.2 Å². The Hall–Kier alpha value is -2.02. The Morgan fingerprint density at radius 1 is 0.800 bits per heavy atom. The zero-order chi connectivity index (χ0) is 25.8. The number of esters is 2. The fourth-order valence-electron chi connectivity index (χ4n) is 4.49. The zero-order valence-electron chi connectivity index (χ0n) is 20.4. The van der Waals surface area contributed by atoms with Gasteiger partial charge in [-0.05, 0) is 64.2 Å². The van der Waals surface area contributed by atoms with Crippen LogP contribution in [0.25, 0.3) is 0 Å². The second-order valence-electron chi connectivity index (χ2n) is 8.79. The smallest absolute Gasteiger partial charge is 0.309 e. The number of hydrogen-bond donors (Lipinski definition) is 0. The Morgan fingerprint density at radius 2 is 1.23 bits per heavy atom. The number of carbonyl (C=O) groups is 2. The highest BCUT2D eigenvalue weighted by molar-refractivity contribution is 7.90. The summed E-state index contributed by atoms with van der Waals surface area (Å²) >= 11 is 0. The predicted molar refractivity (Wildman–Crippen MR) is 127 cm³/mol. The first kappa shape index (κ1) is 27.6. The minimum Gasteiger partial charge on any atom is -0.466 e. The monoisotopic (exact) mass is 530 g/mol. The van der Waals surface area contributed by atoms with Crippen LogP contribution in [0.2, 0.25) is 0 Å². The summed E-state index contributed by atoms with van der Waals surface area (Å²) in [4.78, 5) is 23.8. The average molecular weight is 531 g/mol. The summed E-state index contributed by atoms with van der Waals surface area (Å²) in [6.07, 6.45) is 1.41. The lowest BCUT2D eigenvalue weighted by atomic mass is 9.98. The van der Waals surface area contributed by atoms with Crippen molar-refractivity contribution in [3.05, 3.63) is 23.8 Å². The number of sulfonamides is 2. The van der Waals surface area contributed by atoms with Gasteiger partial charge < -0.3 is 9.47 Å². The van der Waals surface area contributed by atoms with Crippen molar-refractivity contribution in [1.82, 2.24) is 8.61 Å². The number of nitrogens with zero attached hydrogens (tertiary/aromatic N) is 2. The van der Waals surface area contributed by atoms with Crippen LogP contribution in [-0.4, -0.2) is 76.8 Å².